The summed E-state index contributed by atoms with van der Waals surface area (Å²) in [5.41, 5.74) is 0.426. The lowest BCUT2D eigenvalue weighted by Crippen LogP contribution is -2.63. The van der Waals surface area contributed by atoms with Gasteiger partial charge in [0, 0.05) is 11.6 Å². The maximum atomic E-state index is 3.99. The second-order valence-corrected chi connectivity index (χ2v) is 7.39. The van der Waals surface area contributed by atoms with Gasteiger partial charge < -0.3 is 10.2 Å². The van der Waals surface area contributed by atoms with Gasteiger partial charge in [0.25, 0.3) is 0 Å². The lowest BCUT2D eigenvalue weighted by atomic mass is 9.68. The van der Waals surface area contributed by atoms with E-state index in [0.717, 1.165) is 12.0 Å². The molecule has 0 saturated heterocycles. The van der Waals surface area contributed by atoms with E-state index >= 15 is 0 Å². The summed E-state index contributed by atoms with van der Waals surface area (Å²) in [6.45, 7) is 3.49. The van der Waals surface area contributed by atoms with Crippen LogP contribution in [0.3, 0.4) is 0 Å². The Hall–Kier alpha value is -0.0800. The number of rotatable bonds is 6. The van der Waals surface area contributed by atoms with Crippen molar-refractivity contribution in [2.45, 2.75) is 89.1 Å². The first-order valence-electron chi connectivity index (χ1n) is 9.11. The zero-order valence-electron chi connectivity index (χ0n) is 14.1. The minimum absolute atomic E-state index is 0.426. The lowest BCUT2D eigenvalue weighted by molar-refractivity contribution is 0.0239. The summed E-state index contributed by atoms with van der Waals surface area (Å²) in [4.78, 5) is 2.58. The minimum Gasteiger partial charge on any atom is -0.312 e. The molecule has 0 aromatic carbocycles. The molecule has 2 rings (SSSR count). The van der Waals surface area contributed by atoms with E-state index in [1.165, 1.54) is 77.2 Å². The number of nitrogens with zero attached hydrogens (tertiary/aromatic N) is 1. The van der Waals surface area contributed by atoms with Crippen LogP contribution in [0.25, 0.3) is 0 Å². The maximum absolute atomic E-state index is 3.99. The molecule has 0 radical (unpaired) electrons. The average Bonchev–Trinajstić information content (AvgIpc) is 2.49. The Bertz CT molecular complexity index is 263. The van der Waals surface area contributed by atoms with Crippen LogP contribution in [0, 0.1) is 5.92 Å². The fourth-order valence-electron chi connectivity index (χ4n) is 4.76. The molecular formula is C18H36N2. The van der Waals surface area contributed by atoms with E-state index in [9.17, 15) is 0 Å². The van der Waals surface area contributed by atoms with Crippen molar-refractivity contribution in [3.63, 3.8) is 0 Å². The molecule has 0 amide bonds. The summed E-state index contributed by atoms with van der Waals surface area (Å²) < 4.78 is 0. The van der Waals surface area contributed by atoms with E-state index in [0.29, 0.717) is 5.54 Å². The van der Waals surface area contributed by atoms with Crippen LogP contribution in [-0.4, -0.2) is 37.1 Å². The highest BCUT2D eigenvalue weighted by Crippen LogP contribution is 2.41. The third-order valence-electron chi connectivity index (χ3n) is 5.92. The van der Waals surface area contributed by atoms with Crippen molar-refractivity contribution in [1.29, 1.82) is 0 Å². The van der Waals surface area contributed by atoms with E-state index in [4.69, 9.17) is 0 Å². The van der Waals surface area contributed by atoms with Crippen LogP contribution in [0.1, 0.15) is 77.6 Å². The molecule has 2 nitrogen and oxygen atoms in total. The van der Waals surface area contributed by atoms with Gasteiger partial charge in [0.05, 0.1) is 0 Å². The molecule has 0 aromatic heterocycles. The SMILES string of the molecule is CCCNC(C1CCCCC1)C1(N(C)C)CCCCC1. The van der Waals surface area contributed by atoms with Crippen molar-refractivity contribution in [3.05, 3.63) is 0 Å². The molecule has 1 atom stereocenters. The molecule has 2 fully saturated rings. The maximum Gasteiger partial charge on any atom is 0.0359 e. The smallest absolute Gasteiger partial charge is 0.0359 e. The standard InChI is InChI=1S/C18H36N2/c1-4-15-19-17(16-11-7-5-8-12-16)18(20(2)3)13-9-6-10-14-18/h16-17,19H,4-15H2,1-3H3. The highest BCUT2D eigenvalue weighted by Gasteiger charge is 2.44. The molecule has 2 aliphatic rings. The second kappa shape index (κ2) is 7.79. The van der Waals surface area contributed by atoms with Crippen molar-refractivity contribution in [1.82, 2.24) is 10.2 Å². The Kier molecular flexibility index (Phi) is 6.35. The molecule has 2 aliphatic carbocycles. The molecule has 0 heterocycles. The first-order valence-corrected chi connectivity index (χ1v) is 9.11. The normalized spacial score (nSPS) is 25.8. The monoisotopic (exact) mass is 280 g/mol. The Labute approximate surface area is 126 Å². The van der Waals surface area contributed by atoms with E-state index in [1.54, 1.807) is 0 Å². The Morgan fingerprint density at radius 3 is 2.15 bits per heavy atom. The Morgan fingerprint density at radius 1 is 1.00 bits per heavy atom. The third kappa shape index (κ3) is 3.57. The molecule has 1 unspecified atom stereocenters. The van der Waals surface area contributed by atoms with Crippen LogP contribution in [0.4, 0.5) is 0 Å². The number of hydrogen-bond acceptors (Lipinski definition) is 2. The van der Waals surface area contributed by atoms with Gasteiger partial charge in [-0.05, 0) is 58.7 Å². The predicted molar refractivity (Wildman–Crippen MR) is 88.2 cm³/mol. The van der Waals surface area contributed by atoms with Gasteiger partial charge in [-0.1, -0.05) is 45.4 Å². The first kappa shape index (κ1) is 16.3. The number of nitrogens with one attached hydrogen (secondary N) is 1. The topological polar surface area (TPSA) is 15.3 Å². The molecule has 0 spiro atoms. The van der Waals surface area contributed by atoms with Gasteiger partial charge in [0.2, 0.25) is 0 Å². The van der Waals surface area contributed by atoms with Gasteiger partial charge >= 0.3 is 0 Å². The fraction of sp³-hybridized carbons (Fsp3) is 1.00. The number of hydrogen-bond donors (Lipinski definition) is 1. The average molecular weight is 280 g/mol. The van der Waals surface area contributed by atoms with E-state index < -0.39 is 0 Å². The summed E-state index contributed by atoms with van der Waals surface area (Å²) >= 11 is 0. The highest BCUT2D eigenvalue weighted by atomic mass is 15.2. The van der Waals surface area contributed by atoms with Crippen molar-refractivity contribution in [2.24, 2.45) is 5.92 Å². The third-order valence-corrected chi connectivity index (χ3v) is 5.92. The molecule has 20 heavy (non-hydrogen) atoms. The van der Waals surface area contributed by atoms with Crippen LogP contribution < -0.4 is 5.32 Å². The molecule has 2 heteroatoms. The van der Waals surface area contributed by atoms with E-state index in [2.05, 4.69) is 31.2 Å². The largest absolute Gasteiger partial charge is 0.312 e. The van der Waals surface area contributed by atoms with Crippen molar-refractivity contribution < 1.29 is 0 Å². The van der Waals surface area contributed by atoms with Crippen LogP contribution in [-0.2, 0) is 0 Å². The van der Waals surface area contributed by atoms with Crippen LogP contribution >= 0.6 is 0 Å². The van der Waals surface area contributed by atoms with E-state index in [1.807, 2.05) is 0 Å². The van der Waals surface area contributed by atoms with Gasteiger partial charge in [0.1, 0.15) is 0 Å². The van der Waals surface area contributed by atoms with Crippen LogP contribution in [0.15, 0.2) is 0 Å². The predicted octanol–water partition coefficient (Wildman–Crippen LogP) is 4.20. The lowest BCUT2D eigenvalue weighted by Gasteiger charge is -2.52. The zero-order valence-corrected chi connectivity index (χ0v) is 14.1. The van der Waals surface area contributed by atoms with E-state index in [-0.39, 0.29) is 0 Å². The van der Waals surface area contributed by atoms with Crippen LogP contribution in [0.2, 0.25) is 0 Å². The van der Waals surface area contributed by atoms with Gasteiger partial charge in [-0.15, -0.1) is 0 Å². The van der Waals surface area contributed by atoms with Crippen molar-refractivity contribution in [2.75, 3.05) is 20.6 Å². The quantitative estimate of drug-likeness (QED) is 0.784. The van der Waals surface area contributed by atoms with Gasteiger partial charge in [-0.3, -0.25) is 0 Å². The first-order chi connectivity index (χ1) is 9.70. The molecule has 118 valence electrons. The van der Waals surface area contributed by atoms with Gasteiger partial charge in [-0.2, -0.15) is 0 Å². The Morgan fingerprint density at radius 2 is 1.60 bits per heavy atom. The molecule has 0 aromatic rings. The molecule has 1 N–H and O–H groups in total. The minimum atomic E-state index is 0.426. The summed E-state index contributed by atoms with van der Waals surface area (Å²) in [5, 5.41) is 3.99. The molecular weight excluding hydrogens is 244 g/mol. The van der Waals surface area contributed by atoms with Crippen molar-refractivity contribution in [3.8, 4) is 0 Å². The molecule has 0 bridgehead atoms. The van der Waals surface area contributed by atoms with Crippen LogP contribution in [0.5, 0.6) is 0 Å². The summed E-state index contributed by atoms with van der Waals surface area (Å²) in [7, 11) is 4.66. The summed E-state index contributed by atoms with van der Waals surface area (Å²) in [6, 6.07) is 0.720. The summed E-state index contributed by atoms with van der Waals surface area (Å²) in [5.74, 6) is 0.913. The second-order valence-electron chi connectivity index (χ2n) is 7.39. The molecule has 0 aliphatic heterocycles. The summed E-state index contributed by atoms with van der Waals surface area (Å²) in [6.07, 6.45) is 15.6. The zero-order chi connectivity index (χ0) is 14.4. The highest BCUT2D eigenvalue weighted by molar-refractivity contribution is 5.03. The molecule has 2 saturated carbocycles. The Balaban J connectivity index is 2.16. The fourth-order valence-corrected chi connectivity index (χ4v) is 4.76. The van der Waals surface area contributed by atoms with Gasteiger partial charge in [-0.25, -0.2) is 0 Å². The van der Waals surface area contributed by atoms with Crippen molar-refractivity contribution >= 4 is 0 Å². The number of likely N-dealkylation sites (N-methyl/N-ethyl adjacent to an activating group) is 1. The van der Waals surface area contributed by atoms with Gasteiger partial charge in [0.15, 0.2) is 0 Å².